The van der Waals surface area contributed by atoms with Crippen molar-refractivity contribution in [1.82, 2.24) is 10.6 Å². The number of carbonyl (C=O) groups excluding carboxylic acids is 2. The van der Waals surface area contributed by atoms with Crippen molar-refractivity contribution in [3.8, 4) is 11.5 Å². The second-order valence-corrected chi connectivity index (χ2v) is 4.73. The number of hydrogen-bond acceptors (Lipinski definition) is 4. The molecule has 6 heteroatoms. The van der Waals surface area contributed by atoms with Crippen LogP contribution in [0.1, 0.15) is 25.5 Å². The van der Waals surface area contributed by atoms with Gasteiger partial charge in [0.2, 0.25) is 0 Å². The molecular weight excluding hydrogens is 272 g/mol. The van der Waals surface area contributed by atoms with Gasteiger partial charge >= 0.3 is 6.03 Å². The molecule has 21 heavy (non-hydrogen) atoms. The average Bonchev–Trinajstić information content (AvgIpc) is 2.45. The minimum absolute atomic E-state index is 0.108. The lowest BCUT2D eigenvalue weighted by atomic mass is 9.92. The Morgan fingerprint density at radius 3 is 2.52 bits per heavy atom. The molecule has 1 aromatic rings. The lowest BCUT2D eigenvalue weighted by Gasteiger charge is -2.29. The van der Waals surface area contributed by atoms with Gasteiger partial charge in [-0.3, -0.25) is 4.79 Å². The van der Waals surface area contributed by atoms with Crippen molar-refractivity contribution in [3.63, 3.8) is 0 Å². The Labute approximate surface area is 123 Å². The number of benzene rings is 1. The number of allylic oxidation sites excluding steroid dienone is 1. The molecule has 2 amide bonds. The summed E-state index contributed by atoms with van der Waals surface area (Å²) in [7, 11) is 3.09. The molecule has 1 unspecified atom stereocenters. The molecule has 0 spiro atoms. The molecule has 0 radical (unpaired) electrons. The smallest absolute Gasteiger partial charge is 0.319 e. The minimum Gasteiger partial charge on any atom is -0.497 e. The van der Waals surface area contributed by atoms with Crippen LogP contribution in [0.15, 0.2) is 29.5 Å². The summed E-state index contributed by atoms with van der Waals surface area (Å²) in [5.74, 6) is 1.08. The van der Waals surface area contributed by atoms with Gasteiger partial charge in [0.15, 0.2) is 5.78 Å². The van der Waals surface area contributed by atoms with Crippen molar-refractivity contribution in [2.24, 2.45) is 0 Å². The molecule has 1 heterocycles. The highest BCUT2D eigenvalue weighted by atomic mass is 16.5. The molecule has 2 N–H and O–H groups in total. The molecular formula is C15H18N2O4. The third kappa shape index (κ3) is 2.84. The van der Waals surface area contributed by atoms with Crippen LogP contribution in [-0.4, -0.2) is 26.0 Å². The quantitative estimate of drug-likeness (QED) is 0.888. The van der Waals surface area contributed by atoms with Gasteiger partial charge in [-0.1, -0.05) is 0 Å². The maximum absolute atomic E-state index is 11.9. The molecule has 0 aliphatic carbocycles. The number of carbonyl (C=O) groups is 2. The van der Waals surface area contributed by atoms with Gasteiger partial charge in [-0.2, -0.15) is 0 Å². The summed E-state index contributed by atoms with van der Waals surface area (Å²) in [5.41, 5.74) is 1.77. The number of Topliss-reactive ketones (excluding diaryl/α,β-unsaturated/α-hetero) is 1. The monoisotopic (exact) mass is 290 g/mol. The van der Waals surface area contributed by atoms with E-state index in [-0.39, 0.29) is 11.8 Å². The number of methoxy groups -OCH3 is 2. The summed E-state index contributed by atoms with van der Waals surface area (Å²) < 4.78 is 10.5. The molecule has 0 saturated heterocycles. The number of amides is 2. The van der Waals surface area contributed by atoms with Crippen LogP contribution in [0.2, 0.25) is 0 Å². The molecule has 1 aromatic carbocycles. The number of ketones is 1. The van der Waals surface area contributed by atoms with Gasteiger partial charge < -0.3 is 20.1 Å². The van der Waals surface area contributed by atoms with Crippen molar-refractivity contribution in [3.05, 3.63) is 35.0 Å². The zero-order chi connectivity index (χ0) is 15.6. The zero-order valence-corrected chi connectivity index (χ0v) is 12.4. The molecule has 0 bridgehead atoms. The van der Waals surface area contributed by atoms with Crippen LogP contribution in [0.4, 0.5) is 4.79 Å². The summed E-state index contributed by atoms with van der Waals surface area (Å²) >= 11 is 0. The second kappa shape index (κ2) is 5.87. The fraction of sp³-hybridized carbons (Fsp3) is 0.333. The van der Waals surface area contributed by atoms with Crippen molar-refractivity contribution in [2.75, 3.05) is 14.2 Å². The molecule has 1 aliphatic heterocycles. The van der Waals surface area contributed by atoms with Crippen molar-refractivity contribution >= 4 is 11.8 Å². The Kier molecular flexibility index (Phi) is 4.16. The van der Waals surface area contributed by atoms with Crippen LogP contribution in [0.3, 0.4) is 0 Å². The van der Waals surface area contributed by atoms with Gasteiger partial charge in [0.1, 0.15) is 11.5 Å². The van der Waals surface area contributed by atoms with Crippen LogP contribution >= 0.6 is 0 Å². The molecule has 6 nitrogen and oxygen atoms in total. The minimum atomic E-state index is -0.544. The lowest BCUT2D eigenvalue weighted by Crippen LogP contribution is -2.44. The van der Waals surface area contributed by atoms with E-state index >= 15 is 0 Å². The topological polar surface area (TPSA) is 76.7 Å². The summed E-state index contributed by atoms with van der Waals surface area (Å²) in [6.07, 6.45) is 0. The SMILES string of the molecule is COc1ccc(C2NC(=O)NC(C)=C2C(C)=O)c(OC)c1. The first-order valence-electron chi connectivity index (χ1n) is 6.49. The third-order valence-corrected chi connectivity index (χ3v) is 3.40. The summed E-state index contributed by atoms with van der Waals surface area (Å²) in [6.45, 7) is 3.18. The van der Waals surface area contributed by atoms with Crippen molar-refractivity contribution in [2.45, 2.75) is 19.9 Å². The number of nitrogens with one attached hydrogen (secondary N) is 2. The van der Waals surface area contributed by atoms with E-state index in [2.05, 4.69) is 10.6 Å². The van der Waals surface area contributed by atoms with Gasteiger partial charge in [0.25, 0.3) is 0 Å². The number of ether oxygens (including phenoxy) is 2. The predicted molar refractivity (Wildman–Crippen MR) is 77.3 cm³/mol. The summed E-state index contributed by atoms with van der Waals surface area (Å²) in [4.78, 5) is 23.6. The fourth-order valence-corrected chi connectivity index (χ4v) is 2.45. The van der Waals surface area contributed by atoms with E-state index in [9.17, 15) is 9.59 Å². The Balaban J connectivity index is 2.55. The van der Waals surface area contributed by atoms with Gasteiger partial charge in [0, 0.05) is 22.9 Å². The summed E-state index contributed by atoms with van der Waals surface area (Å²) in [5, 5.41) is 5.37. The highest BCUT2D eigenvalue weighted by Gasteiger charge is 2.31. The molecule has 0 saturated carbocycles. The third-order valence-electron chi connectivity index (χ3n) is 3.40. The van der Waals surface area contributed by atoms with Crippen LogP contribution in [0.5, 0.6) is 11.5 Å². The Morgan fingerprint density at radius 1 is 1.24 bits per heavy atom. The normalized spacial score (nSPS) is 17.9. The van der Waals surface area contributed by atoms with Gasteiger partial charge in [-0.25, -0.2) is 4.79 Å². The molecule has 112 valence electrons. The zero-order valence-electron chi connectivity index (χ0n) is 12.4. The maximum atomic E-state index is 11.9. The first-order chi connectivity index (χ1) is 9.97. The van der Waals surface area contributed by atoms with E-state index < -0.39 is 6.04 Å². The van der Waals surface area contributed by atoms with Gasteiger partial charge in [-0.05, 0) is 26.0 Å². The fourth-order valence-electron chi connectivity index (χ4n) is 2.45. The summed E-state index contributed by atoms with van der Waals surface area (Å²) in [6, 6.07) is 4.37. The first-order valence-corrected chi connectivity index (χ1v) is 6.49. The highest BCUT2D eigenvalue weighted by molar-refractivity contribution is 5.98. The van der Waals surface area contributed by atoms with E-state index in [0.29, 0.717) is 28.3 Å². The maximum Gasteiger partial charge on any atom is 0.319 e. The number of rotatable bonds is 4. The van der Waals surface area contributed by atoms with E-state index in [1.165, 1.54) is 14.0 Å². The van der Waals surface area contributed by atoms with Crippen LogP contribution < -0.4 is 20.1 Å². The Morgan fingerprint density at radius 2 is 1.95 bits per heavy atom. The molecule has 1 aliphatic rings. The molecule has 1 atom stereocenters. The molecule has 2 rings (SSSR count). The van der Waals surface area contributed by atoms with E-state index in [0.717, 1.165) is 0 Å². The first kappa shape index (κ1) is 14.9. The lowest BCUT2D eigenvalue weighted by molar-refractivity contribution is -0.114. The molecule has 0 fully saturated rings. The predicted octanol–water partition coefficient (Wildman–Crippen LogP) is 1.92. The number of urea groups is 1. The largest absolute Gasteiger partial charge is 0.497 e. The highest BCUT2D eigenvalue weighted by Crippen LogP contribution is 2.35. The van der Waals surface area contributed by atoms with Gasteiger partial charge in [-0.15, -0.1) is 0 Å². The number of hydrogen-bond donors (Lipinski definition) is 2. The average molecular weight is 290 g/mol. The van der Waals surface area contributed by atoms with Crippen LogP contribution in [0.25, 0.3) is 0 Å². The standard InChI is InChI=1S/C15H18N2O4/c1-8-13(9(2)18)14(17-15(19)16-8)11-6-5-10(20-3)7-12(11)21-4/h5-7,14H,1-4H3,(H2,16,17,19). The Bertz CT molecular complexity index is 622. The van der Waals surface area contributed by atoms with Crippen molar-refractivity contribution < 1.29 is 19.1 Å². The van der Waals surface area contributed by atoms with E-state index in [1.54, 1.807) is 32.2 Å². The molecule has 0 aromatic heterocycles. The second-order valence-electron chi connectivity index (χ2n) is 4.73. The van der Waals surface area contributed by atoms with E-state index in [4.69, 9.17) is 9.47 Å². The van der Waals surface area contributed by atoms with Crippen LogP contribution in [-0.2, 0) is 4.79 Å². The Hall–Kier alpha value is -2.50. The van der Waals surface area contributed by atoms with Crippen molar-refractivity contribution in [1.29, 1.82) is 0 Å². The van der Waals surface area contributed by atoms with Gasteiger partial charge in [0.05, 0.1) is 20.3 Å². The van der Waals surface area contributed by atoms with Crippen LogP contribution in [0, 0.1) is 0 Å². The van der Waals surface area contributed by atoms with E-state index in [1.807, 2.05) is 0 Å².